The minimum atomic E-state index is -0.307. The third-order valence-electron chi connectivity index (χ3n) is 2.26. The number of aryl methyl sites for hydroxylation is 1. The first-order valence-corrected chi connectivity index (χ1v) is 5.29. The number of carbonyl (C=O) groups is 1. The molecule has 0 saturated carbocycles. The zero-order chi connectivity index (χ0) is 12.4. The van der Waals surface area contributed by atoms with Crippen LogP contribution in [-0.4, -0.2) is 15.7 Å². The molecule has 0 bridgehead atoms. The van der Waals surface area contributed by atoms with E-state index in [1.54, 1.807) is 42.3 Å². The van der Waals surface area contributed by atoms with E-state index in [0.29, 0.717) is 16.3 Å². The number of amides is 1. The quantitative estimate of drug-likeness (QED) is 0.800. The number of nitrogens with zero attached hydrogens (tertiary/aromatic N) is 2. The maximum absolute atomic E-state index is 11.9. The molecule has 1 aromatic carbocycles. The molecule has 0 spiro atoms. The van der Waals surface area contributed by atoms with Gasteiger partial charge in [-0.15, -0.1) is 0 Å². The molecule has 0 saturated heterocycles. The number of nitrogen functional groups attached to an aromatic ring is 1. The molecule has 2 rings (SSSR count). The van der Waals surface area contributed by atoms with Crippen molar-refractivity contribution in [3.05, 3.63) is 41.2 Å². The summed E-state index contributed by atoms with van der Waals surface area (Å²) in [5.74, 6) is -0.307. The van der Waals surface area contributed by atoms with Crippen molar-refractivity contribution in [1.29, 1.82) is 0 Å². The second kappa shape index (κ2) is 4.47. The van der Waals surface area contributed by atoms with Crippen LogP contribution in [-0.2, 0) is 7.05 Å². The number of para-hydroxylation sites is 1. The number of nitrogens with two attached hydrogens (primary N) is 1. The van der Waals surface area contributed by atoms with Gasteiger partial charge in [0.05, 0.1) is 28.2 Å². The Bertz CT molecular complexity index is 564. The summed E-state index contributed by atoms with van der Waals surface area (Å²) in [5, 5.41) is 7.00. The maximum Gasteiger partial charge on any atom is 0.257 e. The summed E-state index contributed by atoms with van der Waals surface area (Å²) < 4.78 is 1.59. The van der Waals surface area contributed by atoms with Gasteiger partial charge < -0.3 is 11.1 Å². The van der Waals surface area contributed by atoms with Crippen LogP contribution in [0.2, 0.25) is 5.02 Å². The number of rotatable bonds is 2. The summed E-state index contributed by atoms with van der Waals surface area (Å²) in [6.45, 7) is 0. The molecule has 0 fully saturated rings. The van der Waals surface area contributed by atoms with Crippen molar-refractivity contribution in [3.63, 3.8) is 0 Å². The lowest BCUT2D eigenvalue weighted by atomic mass is 10.1. The Balaban J connectivity index is 2.23. The van der Waals surface area contributed by atoms with Gasteiger partial charge in [0.2, 0.25) is 0 Å². The zero-order valence-electron chi connectivity index (χ0n) is 9.14. The number of hydrogen-bond acceptors (Lipinski definition) is 3. The van der Waals surface area contributed by atoms with Gasteiger partial charge >= 0.3 is 0 Å². The number of halogens is 1. The average molecular weight is 251 g/mol. The molecule has 0 atom stereocenters. The molecule has 1 amide bonds. The first-order chi connectivity index (χ1) is 8.08. The van der Waals surface area contributed by atoms with Crippen LogP contribution in [0.15, 0.2) is 30.6 Å². The van der Waals surface area contributed by atoms with Gasteiger partial charge in [0, 0.05) is 13.2 Å². The average Bonchev–Trinajstić information content (AvgIpc) is 2.68. The summed E-state index contributed by atoms with van der Waals surface area (Å²) in [7, 11) is 1.77. The fourth-order valence-corrected chi connectivity index (χ4v) is 1.59. The lowest BCUT2D eigenvalue weighted by Gasteiger charge is -2.06. The Labute approximate surface area is 103 Å². The first-order valence-electron chi connectivity index (χ1n) is 4.92. The third-order valence-corrected chi connectivity index (χ3v) is 2.59. The molecule has 2 aromatic rings. The smallest absolute Gasteiger partial charge is 0.257 e. The summed E-state index contributed by atoms with van der Waals surface area (Å²) in [6, 6.07) is 4.93. The van der Waals surface area contributed by atoms with Crippen molar-refractivity contribution in [1.82, 2.24) is 9.78 Å². The second-order valence-corrected chi connectivity index (χ2v) is 3.97. The molecule has 0 unspecified atom stereocenters. The highest BCUT2D eigenvalue weighted by Gasteiger charge is 2.12. The Morgan fingerprint density at radius 1 is 1.53 bits per heavy atom. The molecule has 88 valence electrons. The maximum atomic E-state index is 11.9. The van der Waals surface area contributed by atoms with Crippen LogP contribution in [0, 0.1) is 0 Å². The van der Waals surface area contributed by atoms with Crippen LogP contribution in [0.1, 0.15) is 10.4 Å². The van der Waals surface area contributed by atoms with Crippen LogP contribution >= 0.6 is 11.6 Å². The Kier molecular flexibility index (Phi) is 3.01. The van der Waals surface area contributed by atoms with Gasteiger partial charge in [0.25, 0.3) is 5.91 Å². The third kappa shape index (κ3) is 2.39. The van der Waals surface area contributed by atoms with E-state index in [0.717, 1.165) is 0 Å². The first kappa shape index (κ1) is 11.5. The van der Waals surface area contributed by atoms with Gasteiger partial charge in [-0.1, -0.05) is 17.7 Å². The van der Waals surface area contributed by atoms with Crippen molar-refractivity contribution in [2.45, 2.75) is 0 Å². The van der Waals surface area contributed by atoms with E-state index in [9.17, 15) is 4.79 Å². The highest BCUT2D eigenvalue weighted by atomic mass is 35.5. The molecule has 0 aliphatic carbocycles. The number of nitrogens with one attached hydrogen (secondary N) is 1. The van der Waals surface area contributed by atoms with Crippen LogP contribution in [0.4, 0.5) is 11.4 Å². The van der Waals surface area contributed by atoms with Crippen LogP contribution in [0.5, 0.6) is 0 Å². The normalized spacial score (nSPS) is 10.2. The molecule has 5 nitrogen and oxygen atoms in total. The number of hydrogen-bond donors (Lipinski definition) is 2. The van der Waals surface area contributed by atoms with Crippen molar-refractivity contribution in [3.8, 4) is 0 Å². The monoisotopic (exact) mass is 250 g/mol. The van der Waals surface area contributed by atoms with Gasteiger partial charge in [-0.25, -0.2) is 0 Å². The van der Waals surface area contributed by atoms with Gasteiger partial charge in [-0.2, -0.15) is 5.10 Å². The van der Waals surface area contributed by atoms with E-state index >= 15 is 0 Å². The molecular formula is C11H11ClN4O. The molecular weight excluding hydrogens is 240 g/mol. The summed E-state index contributed by atoms with van der Waals surface area (Å²) in [4.78, 5) is 11.9. The molecule has 0 aliphatic heterocycles. The fraction of sp³-hybridized carbons (Fsp3) is 0.0909. The van der Waals surface area contributed by atoms with E-state index in [-0.39, 0.29) is 11.6 Å². The van der Waals surface area contributed by atoms with Crippen LogP contribution in [0.25, 0.3) is 0 Å². The summed E-state index contributed by atoms with van der Waals surface area (Å²) in [5.41, 5.74) is 6.96. The summed E-state index contributed by atoms with van der Waals surface area (Å²) >= 11 is 5.84. The standard InChI is InChI=1S/C11H11ClN4O/c1-16-6-7(5-14-16)15-11(17)8-3-2-4-9(12)10(8)13/h2-6H,13H2,1H3,(H,15,17). The summed E-state index contributed by atoms with van der Waals surface area (Å²) in [6.07, 6.45) is 3.25. The second-order valence-electron chi connectivity index (χ2n) is 3.56. The number of benzene rings is 1. The topological polar surface area (TPSA) is 72.9 Å². The molecule has 1 aromatic heterocycles. The van der Waals surface area contributed by atoms with Gasteiger partial charge in [0.1, 0.15) is 0 Å². The van der Waals surface area contributed by atoms with E-state index in [1.165, 1.54) is 0 Å². The minimum absolute atomic E-state index is 0.274. The lowest BCUT2D eigenvalue weighted by Crippen LogP contribution is -2.13. The van der Waals surface area contributed by atoms with E-state index < -0.39 is 0 Å². The van der Waals surface area contributed by atoms with Crippen molar-refractivity contribution < 1.29 is 4.79 Å². The molecule has 0 aliphatic rings. The van der Waals surface area contributed by atoms with Crippen LogP contribution in [0.3, 0.4) is 0 Å². The predicted molar refractivity (Wildman–Crippen MR) is 67.0 cm³/mol. The van der Waals surface area contributed by atoms with Gasteiger partial charge in [-0.05, 0) is 12.1 Å². The fourth-order valence-electron chi connectivity index (χ4n) is 1.42. The minimum Gasteiger partial charge on any atom is -0.397 e. The number of aromatic nitrogens is 2. The van der Waals surface area contributed by atoms with E-state index in [2.05, 4.69) is 10.4 Å². The van der Waals surface area contributed by atoms with Crippen molar-refractivity contribution in [2.24, 2.45) is 7.05 Å². The molecule has 0 radical (unpaired) electrons. The molecule has 17 heavy (non-hydrogen) atoms. The van der Waals surface area contributed by atoms with E-state index in [4.69, 9.17) is 17.3 Å². The van der Waals surface area contributed by atoms with Crippen molar-refractivity contribution in [2.75, 3.05) is 11.1 Å². The lowest BCUT2D eigenvalue weighted by molar-refractivity contribution is 0.102. The van der Waals surface area contributed by atoms with Gasteiger partial charge in [-0.3, -0.25) is 9.48 Å². The highest BCUT2D eigenvalue weighted by molar-refractivity contribution is 6.34. The highest BCUT2D eigenvalue weighted by Crippen LogP contribution is 2.23. The van der Waals surface area contributed by atoms with Crippen molar-refractivity contribution >= 4 is 28.9 Å². The predicted octanol–water partition coefficient (Wildman–Crippen LogP) is 1.91. The Hall–Kier alpha value is -2.01. The van der Waals surface area contributed by atoms with E-state index in [1.807, 2.05) is 0 Å². The van der Waals surface area contributed by atoms with Crippen LogP contribution < -0.4 is 11.1 Å². The Morgan fingerprint density at radius 3 is 2.94 bits per heavy atom. The number of carbonyl (C=O) groups excluding carboxylic acids is 1. The van der Waals surface area contributed by atoms with Gasteiger partial charge in [0.15, 0.2) is 0 Å². The molecule has 1 heterocycles. The Morgan fingerprint density at radius 2 is 2.29 bits per heavy atom. The number of anilines is 2. The molecule has 6 heteroatoms. The SMILES string of the molecule is Cn1cc(NC(=O)c2cccc(Cl)c2N)cn1. The zero-order valence-corrected chi connectivity index (χ0v) is 9.90. The molecule has 3 N–H and O–H groups in total. The largest absolute Gasteiger partial charge is 0.397 e.